The van der Waals surface area contributed by atoms with E-state index >= 15 is 0 Å². The average molecular weight is 779 g/mol. The predicted octanol–water partition coefficient (Wildman–Crippen LogP) is 16.6. The molecule has 2 aromatic heterocycles. The van der Waals surface area contributed by atoms with E-state index in [1.54, 1.807) is 0 Å². The highest BCUT2D eigenvalue weighted by Gasteiger charge is 2.16. The van der Waals surface area contributed by atoms with Gasteiger partial charge in [-0.3, -0.25) is 0 Å². The minimum atomic E-state index is 1.11. The number of thiophene rings is 2. The number of hydrogen-bond acceptors (Lipinski definition) is 4. The van der Waals surface area contributed by atoms with Gasteiger partial charge in [0, 0.05) is 53.5 Å². The molecule has 8 aromatic carbocycles. The summed E-state index contributed by atoms with van der Waals surface area (Å²) in [5, 5.41) is 1.29. The van der Waals surface area contributed by atoms with Crippen LogP contribution in [0.15, 0.2) is 231 Å². The largest absolute Gasteiger partial charge is 0.311 e. The van der Waals surface area contributed by atoms with Gasteiger partial charge in [0.25, 0.3) is 0 Å². The number of nitrogens with zero attached hydrogens (tertiary/aromatic N) is 2. The summed E-state index contributed by atoms with van der Waals surface area (Å²) in [6.45, 7) is 0. The van der Waals surface area contributed by atoms with E-state index in [-0.39, 0.29) is 0 Å². The Bertz CT molecular complexity index is 2870. The number of hydrogen-bond donors (Lipinski definition) is 0. The molecule has 0 aliphatic carbocycles. The summed E-state index contributed by atoms with van der Waals surface area (Å²) < 4.78 is 1.31. The van der Waals surface area contributed by atoms with E-state index in [1.165, 1.54) is 52.5 Å². The first kappa shape index (κ1) is 35.4. The molecule has 10 aromatic rings. The van der Waals surface area contributed by atoms with Crippen molar-refractivity contribution in [1.29, 1.82) is 0 Å². The first-order valence-electron chi connectivity index (χ1n) is 19.5. The van der Waals surface area contributed by atoms with Crippen LogP contribution in [0.3, 0.4) is 0 Å². The maximum absolute atomic E-state index is 2.32. The van der Waals surface area contributed by atoms with E-state index in [1.807, 2.05) is 22.7 Å². The topological polar surface area (TPSA) is 6.48 Å². The zero-order chi connectivity index (χ0) is 38.7. The predicted molar refractivity (Wildman–Crippen MR) is 251 cm³/mol. The van der Waals surface area contributed by atoms with Crippen LogP contribution < -0.4 is 9.80 Å². The summed E-state index contributed by atoms with van der Waals surface area (Å²) in [5.74, 6) is 0. The normalized spacial score (nSPS) is 11.1. The van der Waals surface area contributed by atoms with Crippen molar-refractivity contribution in [3.05, 3.63) is 231 Å². The van der Waals surface area contributed by atoms with Crippen LogP contribution in [0.4, 0.5) is 34.1 Å². The van der Waals surface area contributed by atoms with Gasteiger partial charge < -0.3 is 9.80 Å². The molecule has 2 nitrogen and oxygen atoms in total. The summed E-state index contributed by atoms with van der Waals surface area (Å²) in [6.07, 6.45) is 0. The molecule has 0 radical (unpaired) electrons. The Morgan fingerprint density at radius 3 is 1.03 bits per heavy atom. The Morgan fingerprint density at radius 2 is 0.586 bits per heavy atom. The minimum Gasteiger partial charge on any atom is -0.311 e. The van der Waals surface area contributed by atoms with Gasteiger partial charge in [0.15, 0.2) is 0 Å². The number of fused-ring (bicyclic) bond motifs is 1. The maximum atomic E-state index is 2.32. The molecule has 0 aliphatic rings. The van der Waals surface area contributed by atoms with E-state index < -0.39 is 0 Å². The molecule has 0 saturated heterocycles. The quantitative estimate of drug-likeness (QED) is 0.136. The summed E-state index contributed by atoms with van der Waals surface area (Å²) in [6, 6.07) is 82.8. The van der Waals surface area contributed by atoms with Gasteiger partial charge in [-0.2, -0.15) is 0 Å². The van der Waals surface area contributed by atoms with Crippen LogP contribution in [0.1, 0.15) is 0 Å². The second-order valence-electron chi connectivity index (χ2n) is 14.2. The second kappa shape index (κ2) is 15.9. The first-order valence-corrected chi connectivity index (χ1v) is 21.1. The molecular formula is C54H38N2S2. The zero-order valence-electron chi connectivity index (χ0n) is 31.7. The summed E-state index contributed by atoms with van der Waals surface area (Å²) in [5.41, 5.74) is 12.7. The highest BCUT2D eigenvalue weighted by atomic mass is 32.1. The van der Waals surface area contributed by atoms with Gasteiger partial charge in [-0.1, -0.05) is 133 Å². The van der Waals surface area contributed by atoms with Crippen molar-refractivity contribution in [1.82, 2.24) is 0 Å². The summed E-state index contributed by atoms with van der Waals surface area (Å²) in [4.78, 5) is 8.48. The second-order valence-corrected chi connectivity index (χ2v) is 16.4. The van der Waals surface area contributed by atoms with Crippen molar-refractivity contribution in [3.8, 4) is 42.4 Å². The van der Waals surface area contributed by atoms with Crippen molar-refractivity contribution in [2.24, 2.45) is 0 Å². The Balaban J connectivity index is 0.911. The lowest BCUT2D eigenvalue weighted by atomic mass is 10.0. The van der Waals surface area contributed by atoms with E-state index in [0.29, 0.717) is 0 Å². The third kappa shape index (κ3) is 7.23. The fraction of sp³-hybridized carbons (Fsp3) is 0. The Labute approximate surface area is 347 Å². The van der Waals surface area contributed by atoms with Crippen LogP contribution in [-0.4, -0.2) is 0 Å². The molecule has 0 atom stereocenters. The van der Waals surface area contributed by atoms with Crippen molar-refractivity contribution in [2.45, 2.75) is 0 Å². The van der Waals surface area contributed by atoms with Crippen molar-refractivity contribution in [3.63, 3.8) is 0 Å². The third-order valence-electron chi connectivity index (χ3n) is 10.5. The van der Waals surface area contributed by atoms with Crippen molar-refractivity contribution >= 4 is 66.9 Å². The highest BCUT2D eigenvalue weighted by Crippen LogP contribution is 2.41. The van der Waals surface area contributed by atoms with Crippen LogP contribution in [0.25, 0.3) is 52.5 Å². The van der Waals surface area contributed by atoms with Crippen LogP contribution in [0, 0.1) is 0 Å². The van der Waals surface area contributed by atoms with E-state index in [9.17, 15) is 0 Å². The summed E-state index contributed by atoms with van der Waals surface area (Å²) in [7, 11) is 0. The molecule has 2 heterocycles. The molecule has 0 saturated carbocycles. The SMILES string of the molecule is c1ccc(-c2ccc(-c3ccc(N(c4ccccc4)c4ccc(-c5ccc(N(c6ccccc6)c6ccc(-c7cc8ccccc8s7)cc6)cc5)cc4)cc3)s2)cc1. The molecule has 4 heteroatoms. The van der Waals surface area contributed by atoms with Gasteiger partial charge in [-0.05, 0) is 130 Å². The summed E-state index contributed by atoms with van der Waals surface area (Å²) >= 11 is 3.67. The number of anilines is 6. The van der Waals surface area contributed by atoms with E-state index in [2.05, 4.69) is 240 Å². The lowest BCUT2D eigenvalue weighted by Gasteiger charge is -2.26. The molecule has 10 rings (SSSR count). The van der Waals surface area contributed by atoms with Crippen molar-refractivity contribution < 1.29 is 0 Å². The Hall–Kier alpha value is -6.98. The molecular weight excluding hydrogens is 741 g/mol. The van der Waals surface area contributed by atoms with Gasteiger partial charge in [-0.15, -0.1) is 22.7 Å². The third-order valence-corrected chi connectivity index (χ3v) is 12.9. The lowest BCUT2D eigenvalue weighted by Crippen LogP contribution is -2.10. The highest BCUT2D eigenvalue weighted by molar-refractivity contribution is 7.22. The fourth-order valence-corrected chi connectivity index (χ4v) is 9.66. The molecule has 0 N–H and O–H groups in total. The molecule has 58 heavy (non-hydrogen) atoms. The molecule has 0 unspecified atom stereocenters. The van der Waals surface area contributed by atoms with E-state index in [4.69, 9.17) is 0 Å². The van der Waals surface area contributed by atoms with Gasteiger partial charge in [0.1, 0.15) is 0 Å². The lowest BCUT2D eigenvalue weighted by molar-refractivity contribution is 1.28. The molecule has 276 valence electrons. The van der Waals surface area contributed by atoms with Crippen LogP contribution in [0.2, 0.25) is 0 Å². The van der Waals surface area contributed by atoms with Gasteiger partial charge >= 0.3 is 0 Å². The average Bonchev–Trinajstić information content (AvgIpc) is 3.98. The Morgan fingerprint density at radius 1 is 0.241 bits per heavy atom. The minimum absolute atomic E-state index is 1.11. The molecule has 0 fully saturated rings. The zero-order valence-corrected chi connectivity index (χ0v) is 33.3. The Kier molecular flexibility index (Phi) is 9.70. The molecule has 0 aliphatic heterocycles. The molecule has 0 bridgehead atoms. The first-order chi connectivity index (χ1) is 28.7. The van der Waals surface area contributed by atoms with Gasteiger partial charge in [0.05, 0.1) is 0 Å². The monoisotopic (exact) mass is 778 g/mol. The fourth-order valence-electron chi connectivity index (χ4n) is 7.58. The van der Waals surface area contributed by atoms with Crippen LogP contribution in [0.5, 0.6) is 0 Å². The van der Waals surface area contributed by atoms with Gasteiger partial charge in [-0.25, -0.2) is 0 Å². The smallest absolute Gasteiger partial charge is 0.0462 e. The van der Waals surface area contributed by atoms with Gasteiger partial charge in [0.2, 0.25) is 0 Å². The molecule has 0 spiro atoms. The van der Waals surface area contributed by atoms with Crippen LogP contribution >= 0.6 is 22.7 Å². The number of rotatable bonds is 10. The number of para-hydroxylation sites is 2. The molecule has 0 amide bonds. The van der Waals surface area contributed by atoms with Crippen molar-refractivity contribution in [2.75, 3.05) is 9.80 Å². The van der Waals surface area contributed by atoms with E-state index in [0.717, 1.165) is 34.1 Å². The maximum Gasteiger partial charge on any atom is 0.0462 e. The standard InChI is InChI=1S/C54H38N2S2/c1-4-12-41(13-5-1)52-36-37-53(57-52)42-24-32-49(33-25-42)55(45-15-6-2-7-16-45)47-28-20-39(21-29-47)40-22-30-48(31-23-40)56(46-17-8-3-9-18-46)50-34-26-43(27-35-50)54-38-44-14-10-11-19-51(44)58-54/h1-38H. The number of benzene rings is 8. The van der Waals surface area contributed by atoms with Crippen LogP contribution in [-0.2, 0) is 0 Å².